The summed E-state index contributed by atoms with van der Waals surface area (Å²) in [6.07, 6.45) is 0. The van der Waals surface area contributed by atoms with Gasteiger partial charge in [0.25, 0.3) is 5.91 Å². The molecule has 0 unspecified atom stereocenters. The number of nitrogens with two attached hydrogens (primary N) is 1. The summed E-state index contributed by atoms with van der Waals surface area (Å²) in [6, 6.07) is 13.4. The number of halogens is 1. The highest BCUT2D eigenvalue weighted by Gasteiger charge is 2.16. The van der Waals surface area contributed by atoms with E-state index in [-0.39, 0.29) is 0 Å². The second-order valence-electron chi connectivity index (χ2n) is 3.88. The number of hydrogen-bond acceptors (Lipinski definition) is 3. The maximum absolute atomic E-state index is 11.8. The summed E-state index contributed by atoms with van der Waals surface area (Å²) in [4.78, 5) is 11.8. The molecule has 0 spiro atoms. The summed E-state index contributed by atoms with van der Waals surface area (Å²) in [5.74, 6) is 5.26. The molecule has 0 aliphatic heterocycles. The van der Waals surface area contributed by atoms with Crippen LogP contribution in [0.25, 0.3) is 11.1 Å². The molecule has 0 bridgehead atoms. The Morgan fingerprint density at radius 3 is 2.47 bits per heavy atom. The topological polar surface area (TPSA) is 64.3 Å². The molecule has 98 valence electrons. The Bertz CT molecular complexity index is 600. The number of nitrogens with one attached hydrogen (secondary N) is 1. The minimum absolute atomic E-state index is 0.387. The SMILES string of the molecule is COc1c(Br)cc(-c2ccccc2)cc1C(=O)NN. The zero-order chi connectivity index (χ0) is 13.8. The molecular weight excluding hydrogens is 308 g/mol. The normalized spacial score (nSPS) is 10.1. The molecule has 0 radical (unpaired) electrons. The third-order valence-electron chi connectivity index (χ3n) is 2.73. The van der Waals surface area contributed by atoms with Crippen LogP contribution in [0.2, 0.25) is 0 Å². The first kappa shape index (κ1) is 13.6. The second kappa shape index (κ2) is 5.86. The van der Waals surface area contributed by atoms with Crippen molar-refractivity contribution >= 4 is 21.8 Å². The Balaban J connectivity index is 2.60. The molecule has 3 N–H and O–H groups in total. The second-order valence-corrected chi connectivity index (χ2v) is 4.73. The summed E-state index contributed by atoms with van der Waals surface area (Å²) in [7, 11) is 1.51. The van der Waals surface area contributed by atoms with E-state index < -0.39 is 5.91 Å². The minimum atomic E-state index is -0.393. The molecule has 2 aromatic carbocycles. The van der Waals surface area contributed by atoms with E-state index in [1.165, 1.54) is 7.11 Å². The van der Waals surface area contributed by atoms with Gasteiger partial charge in [-0.05, 0) is 39.2 Å². The van der Waals surface area contributed by atoms with Crippen molar-refractivity contribution in [3.63, 3.8) is 0 Å². The third-order valence-corrected chi connectivity index (χ3v) is 3.32. The largest absolute Gasteiger partial charge is 0.495 e. The Kier molecular flexibility index (Phi) is 4.19. The molecule has 1 amide bonds. The fourth-order valence-electron chi connectivity index (χ4n) is 1.84. The molecule has 0 saturated carbocycles. The van der Waals surface area contributed by atoms with Gasteiger partial charge in [0, 0.05) is 0 Å². The predicted octanol–water partition coefficient (Wildman–Crippen LogP) is 2.73. The van der Waals surface area contributed by atoms with E-state index in [0.717, 1.165) is 11.1 Å². The zero-order valence-electron chi connectivity index (χ0n) is 10.3. The van der Waals surface area contributed by atoms with E-state index >= 15 is 0 Å². The molecule has 0 atom stereocenters. The van der Waals surface area contributed by atoms with Gasteiger partial charge in [0.15, 0.2) is 0 Å². The van der Waals surface area contributed by atoms with E-state index in [1.54, 1.807) is 6.07 Å². The van der Waals surface area contributed by atoms with E-state index in [4.69, 9.17) is 10.6 Å². The molecule has 2 rings (SSSR count). The van der Waals surface area contributed by atoms with Gasteiger partial charge in [-0.15, -0.1) is 0 Å². The summed E-state index contributed by atoms with van der Waals surface area (Å²) in [5.41, 5.74) is 4.43. The Hall–Kier alpha value is -1.85. The van der Waals surface area contributed by atoms with Crippen LogP contribution in [-0.4, -0.2) is 13.0 Å². The number of amides is 1. The highest BCUT2D eigenvalue weighted by molar-refractivity contribution is 9.10. The lowest BCUT2D eigenvalue weighted by Crippen LogP contribution is -2.30. The number of methoxy groups -OCH3 is 1. The third kappa shape index (κ3) is 2.77. The lowest BCUT2D eigenvalue weighted by Gasteiger charge is -2.12. The van der Waals surface area contributed by atoms with Crippen LogP contribution < -0.4 is 16.0 Å². The summed E-state index contributed by atoms with van der Waals surface area (Å²) < 4.78 is 5.93. The number of ether oxygens (including phenoxy) is 1. The highest BCUT2D eigenvalue weighted by Crippen LogP contribution is 2.34. The van der Waals surface area contributed by atoms with Gasteiger partial charge >= 0.3 is 0 Å². The molecular formula is C14H13BrN2O2. The number of carbonyl (C=O) groups is 1. The number of carbonyl (C=O) groups excluding carboxylic acids is 1. The van der Waals surface area contributed by atoms with Crippen molar-refractivity contribution in [2.24, 2.45) is 5.84 Å². The van der Waals surface area contributed by atoms with Gasteiger partial charge in [0.2, 0.25) is 0 Å². The lowest BCUT2D eigenvalue weighted by atomic mass is 10.0. The van der Waals surface area contributed by atoms with Gasteiger partial charge in [0.05, 0.1) is 17.1 Å². The van der Waals surface area contributed by atoms with Gasteiger partial charge in [-0.3, -0.25) is 10.2 Å². The first-order valence-corrected chi connectivity index (χ1v) is 6.40. The van der Waals surface area contributed by atoms with Crippen molar-refractivity contribution in [1.29, 1.82) is 0 Å². The number of hydrogen-bond donors (Lipinski definition) is 2. The molecule has 5 heteroatoms. The number of hydrazine groups is 1. The van der Waals surface area contributed by atoms with Crippen LogP contribution >= 0.6 is 15.9 Å². The van der Waals surface area contributed by atoms with E-state index in [9.17, 15) is 4.79 Å². The Morgan fingerprint density at radius 2 is 1.89 bits per heavy atom. The quantitative estimate of drug-likeness (QED) is 0.519. The lowest BCUT2D eigenvalue weighted by molar-refractivity contribution is 0.0950. The number of benzene rings is 2. The van der Waals surface area contributed by atoms with Crippen LogP contribution in [-0.2, 0) is 0 Å². The minimum Gasteiger partial charge on any atom is -0.495 e. The molecule has 0 saturated heterocycles. The smallest absolute Gasteiger partial charge is 0.269 e. The predicted molar refractivity (Wildman–Crippen MR) is 77.8 cm³/mol. The summed E-state index contributed by atoms with van der Waals surface area (Å²) in [5, 5.41) is 0. The van der Waals surface area contributed by atoms with Crippen LogP contribution in [0.3, 0.4) is 0 Å². The number of nitrogen functional groups attached to an aromatic ring is 1. The highest BCUT2D eigenvalue weighted by atomic mass is 79.9. The van der Waals surface area contributed by atoms with Gasteiger partial charge in [-0.2, -0.15) is 0 Å². The summed E-state index contributed by atoms with van der Waals surface area (Å²) >= 11 is 3.41. The average Bonchev–Trinajstić information content (AvgIpc) is 2.46. The van der Waals surface area contributed by atoms with Crippen molar-refractivity contribution in [2.45, 2.75) is 0 Å². The Labute approximate surface area is 119 Å². The van der Waals surface area contributed by atoms with Gasteiger partial charge in [-0.1, -0.05) is 30.3 Å². The fourth-order valence-corrected chi connectivity index (χ4v) is 2.47. The first-order chi connectivity index (χ1) is 9.17. The number of rotatable bonds is 3. The summed E-state index contributed by atoms with van der Waals surface area (Å²) in [6.45, 7) is 0. The fraction of sp³-hybridized carbons (Fsp3) is 0.0714. The monoisotopic (exact) mass is 320 g/mol. The van der Waals surface area contributed by atoms with E-state index in [2.05, 4.69) is 21.4 Å². The zero-order valence-corrected chi connectivity index (χ0v) is 11.9. The van der Waals surface area contributed by atoms with Crippen LogP contribution in [0.4, 0.5) is 0 Å². The Morgan fingerprint density at radius 1 is 1.21 bits per heavy atom. The molecule has 0 heterocycles. The maximum Gasteiger partial charge on any atom is 0.269 e. The standard InChI is InChI=1S/C14H13BrN2O2/c1-19-13-11(14(18)17-16)7-10(8-12(13)15)9-5-3-2-4-6-9/h2-8H,16H2,1H3,(H,17,18). The van der Waals surface area contributed by atoms with Gasteiger partial charge in [-0.25, -0.2) is 5.84 Å². The molecule has 0 aliphatic carbocycles. The van der Waals surface area contributed by atoms with Crippen molar-refractivity contribution in [2.75, 3.05) is 7.11 Å². The van der Waals surface area contributed by atoms with Gasteiger partial charge in [0.1, 0.15) is 5.75 Å². The van der Waals surface area contributed by atoms with Crippen LogP contribution in [0.1, 0.15) is 10.4 Å². The molecule has 4 nitrogen and oxygen atoms in total. The molecule has 2 aromatic rings. The van der Waals surface area contributed by atoms with Crippen molar-refractivity contribution in [1.82, 2.24) is 5.43 Å². The van der Waals surface area contributed by atoms with Crippen molar-refractivity contribution in [3.8, 4) is 16.9 Å². The van der Waals surface area contributed by atoms with E-state index in [0.29, 0.717) is 15.8 Å². The molecule has 0 aromatic heterocycles. The van der Waals surface area contributed by atoms with Crippen molar-refractivity contribution < 1.29 is 9.53 Å². The molecule has 0 fully saturated rings. The maximum atomic E-state index is 11.8. The van der Waals surface area contributed by atoms with E-state index in [1.807, 2.05) is 36.4 Å². The van der Waals surface area contributed by atoms with Crippen LogP contribution in [0.15, 0.2) is 46.9 Å². The first-order valence-electron chi connectivity index (χ1n) is 5.61. The van der Waals surface area contributed by atoms with Crippen molar-refractivity contribution in [3.05, 3.63) is 52.5 Å². The average molecular weight is 321 g/mol. The van der Waals surface area contributed by atoms with Crippen LogP contribution in [0.5, 0.6) is 5.75 Å². The van der Waals surface area contributed by atoms with Crippen LogP contribution in [0, 0.1) is 0 Å². The van der Waals surface area contributed by atoms with Gasteiger partial charge < -0.3 is 4.74 Å². The molecule has 0 aliphatic rings. The molecule has 19 heavy (non-hydrogen) atoms.